The van der Waals surface area contributed by atoms with Gasteiger partial charge in [-0.2, -0.15) is 17.5 Å². The molecule has 2 heterocycles. The Hall–Kier alpha value is -2.38. The number of nitrogens with zero attached hydrogens (tertiary/aromatic N) is 3. The Balaban J connectivity index is 1.79. The fraction of sp³-hybridized carbons (Fsp3) is 0.389. The molecule has 1 saturated heterocycles. The molecule has 1 aliphatic heterocycles. The van der Waals surface area contributed by atoms with Gasteiger partial charge in [0.15, 0.2) is 5.03 Å². The van der Waals surface area contributed by atoms with Gasteiger partial charge in [-0.1, -0.05) is 12.1 Å². The minimum Gasteiger partial charge on any atom is -0.372 e. The van der Waals surface area contributed by atoms with Gasteiger partial charge < -0.3 is 10.0 Å². The van der Waals surface area contributed by atoms with Crippen molar-refractivity contribution in [1.29, 1.82) is 0 Å². The van der Waals surface area contributed by atoms with E-state index in [0.29, 0.717) is 6.07 Å². The number of rotatable bonds is 5. The van der Waals surface area contributed by atoms with E-state index in [1.807, 2.05) is 0 Å². The van der Waals surface area contributed by atoms with Crippen LogP contribution >= 0.6 is 0 Å². The molecular formula is C18H17F6N3O3S. The van der Waals surface area contributed by atoms with Crippen LogP contribution in [0.3, 0.4) is 0 Å². The van der Waals surface area contributed by atoms with E-state index in [-0.39, 0.29) is 43.0 Å². The summed E-state index contributed by atoms with van der Waals surface area (Å²) < 4.78 is 106. The van der Waals surface area contributed by atoms with Crippen molar-refractivity contribution in [2.75, 3.05) is 31.1 Å². The Kier molecular flexibility index (Phi) is 6.22. The zero-order chi connectivity index (χ0) is 23.0. The number of hydrogen-bond donors (Lipinski definition) is 1. The molecule has 3 rings (SSSR count). The molecule has 0 radical (unpaired) electrons. The molecule has 1 fully saturated rings. The van der Waals surface area contributed by atoms with Gasteiger partial charge in [0.25, 0.3) is 16.4 Å². The van der Waals surface area contributed by atoms with Crippen molar-refractivity contribution >= 4 is 15.7 Å². The zero-order valence-corrected chi connectivity index (χ0v) is 16.5. The molecule has 13 heteroatoms. The molecule has 31 heavy (non-hydrogen) atoms. The monoisotopic (exact) mass is 469 g/mol. The molecule has 1 aliphatic rings. The number of alkyl halides is 5. The Morgan fingerprint density at radius 1 is 1.03 bits per heavy atom. The number of hydrogen-bond acceptors (Lipinski definition) is 5. The maximum atomic E-state index is 14.5. The third-order valence-electron chi connectivity index (χ3n) is 4.96. The van der Waals surface area contributed by atoms with Crippen LogP contribution in [0.15, 0.2) is 47.6 Å². The predicted molar refractivity (Wildman–Crippen MR) is 97.6 cm³/mol. The summed E-state index contributed by atoms with van der Waals surface area (Å²) in [6, 6.07) is 6.03. The van der Waals surface area contributed by atoms with E-state index in [9.17, 15) is 39.9 Å². The SMILES string of the molecule is O=S(=O)(c1ccccn1)N1CCN(c2ccc(C(O)(C(F)F)C(F)(F)F)cc2F)CC1. The van der Waals surface area contributed by atoms with Crippen LogP contribution in [0.25, 0.3) is 0 Å². The summed E-state index contributed by atoms with van der Waals surface area (Å²) in [6.07, 6.45) is -8.62. The van der Waals surface area contributed by atoms with Crippen LogP contribution in [0, 0.1) is 5.82 Å². The van der Waals surface area contributed by atoms with Crippen LogP contribution in [0.4, 0.5) is 32.0 Å². The van der Waals surface area contributed by atoms with E-state index in [0.717, 1.165) is 10.4 Å². The summed E-state index contributed by atoms with van der Waals surface area (Å²) in [5.74, 6) is -1.25. The number of pyridine rings is 1. The Morgan fingerprint density at radius 2 is 1.68 bits per heavy atom. The lowest BCUT2D eigenvalue weighted by Crippen LogP contribution is -2.49. The topological polar surface area (TPSA) is 73.7 Å². The number of sulfonamides is 1. The molecule has 2 aromatic rings. The lowest BCUT2D eigenvalue weighted by Gasteiger charge is -2.36. The summed E-state index contributed by atoms with van der Waals surface area (Å²) in [5.41, 5.74) is -6.04. The average molecular weight is 469 g/mol. The van der Waals surface area contributed by atoms with Crippen LogP contribution < -0.4 is 4.90 Å². The first-order valence-corrected chi connectivity index (χ1v) is 10.4. The molecule has 0 saturated carbocycles. The maximum absolute atomic E-state index is 14.5. The Bertz CT molecular complexity index is 1030. The van der Waals surface area contributed by atoms with Crippen LogP contribution in [0.5, 0.6) is 0 Å². The van der Waals surface area contributed by atoms with E-state index < -0.39 is 39.6 Å². The fourth-order valence-electron chi connectivity index (χ4n) is 3.22. The van der Waals surface area contributed by atoms with Crippen molar-refractivity contribution in [2.45, 2.75) is 23.2 Å². The third kappa shape index (κ3) is 4.21. The standard InChI is InChI=1S/C18H17F6N3O3S/c19-13-11-12(17(28,16(20)21)18(22,23)24)4-5-14(13)26-7-9-27(10-8-26)31(29,30)15-3-1-2-6-25-15/h1-6,11,16,28H,7-10H2. The predicted octanol–water partition coefficient (Wildman–Crippen LogP) is 2.75. The summed E-state index contributed by atoms with van der Waals surface area (Å²) in [7, 11) is -3.87. The van der Waals surface area contributed by atoms with Gasteiger partial charge in [-0.3, -0.25) is 0 Å². The molecule has 0 bridgehead atoms. The quantitative estimate of drug-likeness (QED) is 0.682. The van der Waals surface area contributed by atoms with Crippen molar-refractivity contribution in [2.24, 2.45) is 0 Å². The van der Waals surface area contributed by atoms with E-state index in [2.05, 4.69) is 4.98 Å². The largest absolute Gasteiger partial charge is 0.427 e. The summed E-state index contributed by atoms with van der Waals surface area (Å²) in [5, 5.41) is 9.36. The molecule has 0 spiro atoms. The number of benzene rings is 1. The Labute approximate surface area is 173 Å². The van der Waals surface area contributed by atoms with E-state index >= 15 is 0 Å². The smallest absolute Gasteiger partial charge is 0.372 e. The molecule has 1 aromatic heterocycles. The van der Waals surface area contributed by atoms with Crippen molar-refractivity contribution in [1.82, 2.24) is 9.29 Å². The van der Waals surface area contributed by atoms with Crippen LogP contribution in [-0.4, -0.2) is 61.6 Å². The number of piperazine rings is 1. The first kappa shape index (κ1) is 23.3. The second kappa shape index (κ2) is 8.28. The highest BCUT2D eigenvalue weighted by atomic mass is 32.2. The molecule has 1 unspecified atom stereocenters. The minimum absolute atomic E-state index is 0.000710. The van der Waals surface area contributed by atoms with Gasteiger partial charge in [-0.15, -0.1) is 0 Å². The third-order valence-corrected chi connectivity index (χ3v) is 6.77. The van der Waals surface area contributed by atoms with E-state index in [1.165, 1.54) is 23.2 Å². The second-order valence-corrected chi connectivity index (χ2v) is 8.67. The van der Waals surface area contributed by atoms with E-state index in [4.69, 9.17) is 0 Å². The first-order valence-electron chi connectivity index (χ1n) is 8.92. The molecule has 1 atom stereocenters. The number of halogens is 6. The Morgan fingerprint density at radius 3 is 2.16 bits per heavy atom. The van der Waals surface area contributed by atoms with Crippen molar-refractivity contribution in [3.8, 4) is 0 Å². The maximum Gasteiger partial charge on any atom is 0.427 e. The van der Waals surface area contributed by atoms with Crippen LogP contribution in [-0.2, 0) is 15.6 Å². The molecule has 0 amide bonds. The number of anilines is 1. The molecule has 170 valence electrons. The summed E-state index contributed by atoms with van der Waals surface area (Å²) in [4.78, 5) is 5.18. The molecule has 6 nitrogen and oxygen atoms in total. The lowest BCUT2D eigenvalue weighted by atomic mass is 9.93. The van der Waals surface area contributed by atoms with Crippen molar-refractivity contribution < 1.29 is 39.9 Å². The van der Waals surface area contributed by atoms with Gasteiger partial charge in [0.2, 0.25) is 5.60 Å². The molecule has 0 aliphatic carbocycles. The van der Waals surface area contributed by atoms with Crippen LogP contribution in [0.1, 0.15) is 5.56 Å². The highest BCUT2D eigenvalue weighted by Gasteiger charge is 2.61. The first-order chi connectivity index (χ1) is 14.4. The van der Waals surface area contributed by atoms with Crippen LogP contribution in [0.2, 0.25) is 0 Å². The number of aromatic nitrogens is 1. The summed E-state index contributed by atoms with van der Waals surface area (Å²) in [6.45, 7) is -0.103. The zero-order valence-electron chi connectivity index (χ0n) is 15.7. The van der Waals surface area contributed by atoms with Gasteiger partial charge in [-0.05, 0) is 24.3 Å². The highest BCUT2D eigenvalue weighted by molar-refractivity contribution is 7.89. The van der Waals surface area contributed by atoms with Gasteiger partial charge in [-0.25, -0.2) is 26.6 Å². The molecule has 1 aromatic carbocycles. The second-order valence-electron chi connectivity index (χ2n) is 6.79. The number of aliphatic hydroxyl groups is 1. The van der Waals surface area contributed by atoms with Gasteiger partial charge >= 0.3 is 6.18 Å². The normalized spacial score (nSPS) is 18.3. The van der Waals surface area contributed by atoms with Crippen molar-refractivity contribution in [3.63, 3.8) is 0 Å². The van der Waals surface area contributed by atoms with Gasteiger partial charge in [0.05, 0.1) is 5.69 Å². The van der Waals surface area contributed by atoms with Gasteiger partial charge in [0, 0.05) is 37.9 Å². The van der Waals surface area contributed by atoms with E-state index in [1.54, 1.807) is 6.07 Å². The minimum atomic E-state index is -5.72. The molecule has 1 N–H and O–H groups in total. The summed E-state index contributed by atoms with van der Waals surface area (Å²) >= 11 is 0. The highest BCUT2D eigenvalue weighted by Crippen LogP contribution is 2.44. The average Bonchev–Trinajstić information content (AvgIpc) is 2.73. The molecular weight excluding hydrogens is 452 g/mol. The van der Waals surface area contributed by atoms with Gasteiger partial charge in [0.1, 0.15) is 5.82 Å². The lowest BCUT2D eigenvalue weighted by molar-refractivity contribution is -0.305. The fourth-order valence-corrected chi connectivity index (χ4v) is 4.57. The van der Waals surface area contributed by atoms with Crippen molar-refractivity contribution in [3.05, 3.63) is 54.0 Å².